The summed E-state index contributed by atoms with van der Waals surface area (Å²) in [5, 5.41) is 20.3. The topological polar surface area (TPSA) is 153 Å². The van der Waals surface area contributed by atoms with Gasteiger partial charge in [-0.25, -0.2) is 4.57 Å². The molecule has 0 radical (unpaired) electrons. The van der Waals surface area contributed by atoms with Gasteiger partial charge in [0, 0.05) is 12.0 Å². The molecule has 5 N–H and O–H groups in total. The van der Waals surface area contributed by atoms with E-state index in [0.29, 0.717) is 0 Å². The van der Waals surface area contributed by atoms with Crippen LogP contribution < -0.4 is 5.32 Å². The molecule has 1 atom stereocenters. The van der Waals surface area contributed by atoms with E-state index in [1.807, 2.05) is 0 Å². The van der Waals surface area contributed by atoms with Gasteiger partial charge in [-0.15, -0.1) is 0 Å². The van der Waals surface area contributed by atoms with Crippen LogP contribution in [-0.4, -0.2) is 51.1 Å². The van der Waals surface area contributed by atoms with E-state index in [1.165, 1.54) is 13.8 Å². The van der Waals surface area contributed by atoms with Crippen LogP contribution >= 0.6 is 7.82 Å². The molecule has 0 aliphatic carbocycles. The quantitative estimate of drug-likeness (QED) is 0.360. The van der Waals surface area contributed by atoms with Crippen molar-refractivity contribution < 1.29 is 38.7 Å². The molecule has 0 rings (SSSR count). The van der Waals surface area contributed by atoms with Crippen LogP contribution in [-0.2, 0) is 18.7 Å². The number of amides is 1. The number of carboxylic acid groups (broad SMARTS) is 1. The van der Waals surface area contributed by atoms with Crippen molar-refractivity contribution in [2.45, 2.75) is 26.4 Å². The van der Waals surface area contributed by atoms with E-state index in [1.54, 1.807) is 0 Å². The van der Waals surface area contributed by atoms with Crippen molar-refractivity contribution in [1.29, 1.82) is 0 Å². The first-order valence-electron chi connectivity index (χ1n) is 5.33. The first kappa shape index (κ1) is 18.0. The minimum Gasteiger partial charge on any atom is -0.481 e. The highest BCUT2D eigenvalue weighted by Crippen LogP contribution is 2.38. The van der Waals surface area contributed by atoms with E-state index >= 15 is 0 Å². The molecular formula is C9H18NO8P. The molecule has 112 valence electrons. The van der Waals surface area contributed by atoms with E-state index in [-0.39, 0.29) is 13.0 Å². The number of hydrogen-bond donors (Lipinski definition) is 5. The summed E-state index contributed by atoms with van der Waals surface area (Å²) in [5.74, 6) is -1.93. The smallest absolute Gasteiger partial charge is 0.469 e. The second-order valence-electron chi connectivity index (χ2n) is 4.59. The fourth-order valence-electron chi connectivity index (χ4n) is 1.07. The van der Waals surface area contributed by atoms with Gasteiger partial charge in [0.1, 0.15) is 6.10 Å². The van der Waals surface area contributed by atoms with Crippen molar-refractivity contribution in [3.05, 3.63) is 0 Å². The molecule has 0 aliphatic heterocycles. The van der Waals surface area contributed by atoms with Crippen LogP contribution in [0.25, 0.3) is 0 Å². The first-order chi connectivity index (χ1) is 8.46. The van der Waals surface area contributed by atoms with Crippen LogP contribution in [0.2, 0.25) is 0 Å². The summed E-state index contributed by atoms with van der Waals surface area (Å²) < 4.78 is 14.8. The molecule has 0 aromatic carbocycles. The molecule has 0 saturated heterocycles. The van der Waals surface area contributed by atoms with E-state index in [2.05, 4.69) is 9.84 Å². The van der Waals surface area contributed by atoms with Crippen molar-refractivity contribution in [3.63, 3.8) is 0 Å². The van der Waals surface area contributed by atoms with Crippen LogP contribution in [0, 0.1) is 5.41 Å². The molecule has 10 heteroatoms. The van der Waals surface area contributed by atoms with Gasteiger partial charge in [-0.1, -0.05) is 13.8 Å². The Morgan fingerprint density at radius 3 is 2.32 bits per heavy atom. The Kier molecular flexibility index (Phi) is 6.61. The molecule has 0 aromatic rings. The maximum Gasteiger partial charge on any atom is 0.469 e. The van der Waals surface area contributed by atoms with E-state index in [4.69, 9.17) is 14.9 Å². The van der Waals surface area contributed by atoms with Gasteiger partial charge in [0.2, 0.25) is 5.91 Å². The summed E-state index contributed by atoms with van der Waals surface area (Å²) in [5.41, 5.74) is -1.24. The van der Waals surface area contributed by atoms with Gasteiger partial charge < -0.3 is 25.3 Å². The van der Waals surface area contributed by atoms with Crippen LogP contribution in [0.4, 0.5) is 0 Å². The molecule has 0 fully saturated rings. The lowest BCUT2D eigenvalue weighted by atomic mass is 9.87. The Bertz CT molecular complexity index is 376. The minimum atomic E-state index is -4.69. The van der Waals surface area contributed by atoms with Gasteiger partial charge in [-0.3, -0.25) is 14.1 Å². The van der Waals surface area contributed by atoms with E-state index in [9.17, 15) is 19.3 Å². The molecule has 9 nitrogen and oxygen atoms in total. The minimum absolute atomic E-state index is 0.152. The van der Waals surface area contributed by atoms with Crippen LogP contribution in [0.5, 0.6) is 0 Å². The zero-order valence-corrected chi connectivity index (χ0v) is 11.5. The lowest BCUT2D eigenvalue weighted by Crippen LogP contribution is -2.46. The third-order valence-electron chi connectivity index (χ3n) is 2.23. The molecule has 0 heterocycles. The predicted molar refractivity (Wildman–Crippen MR) is 63.0 cm³/mol. The molecule has 0 bridgehead atoms. The maximum atomic E-state index is 11.5. The van der Waals surface area contributed by atoms with E-state index < -0.39 is 37.8 Å². The summed E-state index contributed by atoms with van der Waals surface area (Å²) in [4.78, 5) is 38.8. The summed E-state index contributed by atoms with van der Waals surface area (Å²) in [6, 6.07) is 0. The van der Waals surface area contributed by atoms with Crippen LogP contribution in [0.15, 0.2) is 0 Å². The Morgan fingerprint density at radius 1 is 1.37 bits per heavy atom. The molecule has 0 saturated carbocycles. The third-order valence-corrected chi connectivity index (χ3v) is 2.70. The van der Waals surface area contributed by atoms with Crippen molar-refractivity contribution in [1.82, 2.24) is 5.32 Å². The summed E-state index contributed by atoms with van der Waals surface area (Å²) in [6.45, 7) is 2.07. The van der Waals surface area contributed by atoms with Crippen LogP contribution in [0.1, 0.15) is 20.3 Å². The molecule has 0 aromatic heterocycles. The maximum absolute atomic E-state index is 11.5. The van der Waals surface area contributed by atoms with Gasteiger partial charge in [-0.05, 0) is 0 Å². The monoisotopic (exact) mass is 299 g/mol. The van der Waals surface area contributed by atoms with Crippen molar-refractivity contribution >= 4 is 19.7 Å². The summed E-state index contributed by atoms with van der Waals surface area (Å²) >= 11 is 0. The lowest BCUT2D eigenvalue weighted by Gasteiger charge is -2.29. The third kappa shape index (κ3) is 7.91. The number of aliphatic hydroxyl groups excluding tert-OH is 1. The number of aliphatic carboxylic acids is 1. The normalized spacial score (nSPS) is 13.9. The fraction of sp³-hybridized carbons (Fsp3) is 0.778. The number of rotatable bonds is 8. The molecule has 0 spiro atoms. The highest BCUT2D eigenvalue weighted by atomic mass is 31.2. The van der Waals surface area contributed by atoms with Crippen molar-refractivity contribution in [3.8, 4) is 0 Å². The van der Waals surface area contributed by atoms with Gasteiger partial charge in [-0.2, -0.15) is 0 Å². The van der Waals surface area contributed by atoms with Gasteiger partial charge in [0.05, 0.1) is 13.0 Å². The Labute approximate surface area is 109 Å². The predicted octanol–water partition coefficient (Wildman–Crippen LogP) is -0.926. The average Bonchev–Trinajstić information content (AvgIpc) is 2.24. The Hall–Kier alpha value is -0.990. The number of phosphoric acid groups is 1. The van der Waals surface area contributed by atoms with E-state index in [0.717, 1.165) is 0 Å². The zero-order valence-electron chi connectivity index (χ0n) is 10.6. The van der Waals surface area contributed by atoms with Gasteiger partial charge in [0.25, 0.3) is 0 Å². The highest BCUT2D eigenvalue weighted by molar-refractivity contribution is 7.46. The summed E-state index contributed by atoms with van der Waals surface area (Å²) in [6.07, 6.45) is -1.88. The number of carbonyl (C=O) groups is 2. The number of aliphatic hydroxyl groups is 1. The molecule has 1 amide bonds. The van der Waals surface area contributed by atoms with Crippen molar-refractivity contribution in [2.75, 3.05) is 13.2 Å². The number of carboxylic acids is 1. The Morgan fingerprint density at radius 2 is 1.89 bits per heavy atom. The molecule has 1 unspecified atom stereocenters. The second-order valence-corrected chi connectivity index (χ2v) is 5.83. The number of carbonyl (C=O) groups excluding carboxylic acids is 1. The van der Waals surface area contributed by atoms with Gasteiger partial charge in [0.15, 0.2) is 0 Å². The lowest BCUT2D eigenvalue weighted by molar-refractivity contribution is -0.138. The number of nitrogens with one attached hydrogen (secondary N) is 1. The Balaban J connectivity index is 4.35. The SMILES string of the molecule is CC(C)(COP(=O)(O)O)C(O)C(=O)NCCC(=O)O. The molecule has 19 heavy (non-hydrogen) atoms. The summed E-state index contributed by atoms with van der Waals surface area (Å²) in [7, 11) is -4.69. The van der Waals surface area contributed by atoms with Crippen LogP contribution in [0.3, 0.4) is 0 Å². The number of hydrogen-bond acceptors (Lipinski definition) is 5. The zero-order chi connectivity index (χ0) is 15.3. The highest BCUT2D eigenvalue weighted by Gasteiger charge is 2.35. The fourth-order valence-corrected chi connectivity index (χ4v) is 1.57. The second kappa shape index (κ2) is 6.97. The average molecular weight is 299 g/mol. The van der Waals surface area contributed by atoms with Gasteiger partial charge >= 0.3 is 13.8 Å². The van der Waals surface area contributed by atoms with Crippen molar-refractivity contribution in [2.24, 2.45) is 5.41 Å². The first-order valence-corrected chi connectivity index (χ1v) is 6.86. The standard InChI is InChI=1S/C9H18NO8P/c1-9(2,5-18-19(15,16)17)7(13)8(14)10-4-3-6(11)12/h7,13H,3-5H2,1-2H3,(H,10,14)(H,11,12)(H2,15,16,17). The largest absolute Gasteiger partial charge is 0.481 e. The molecular weight excluding hydrogens is 281 g/mol. The molecule has 0 aliphatic rings. The number of phosphoric ester groups is 1.